The number of amides is 1. The first-order valence-electron chi connectivity index (χ1n) is 10.2. The highest BCUT2D eigenvalue weighted by atomic mass is 32.1. The molecule has 1 atom stereocenters. The number of para-hydroxylation sites is 1. The van der Waals surface area contributed by atoms with Crippen molar-refractivity contribution in [3.05, 3.63) is 101 Å². The number of nitrogens with zero attached hydrogens (tertiary/aromatic N) is 2. The maximum Gasteiger partial charge on any atom is 0.252 e. The zero-order valence-electron chi connectivity index (χ0n) is 17.9. The lowest BCUT2D eigenvalue weighted by Gasteiger charge is -2.15. The van der Waals surface area contributed by atoms with Crippen molar-refractivity contribution in [2.24, 2.45) is 0 Å². The number of rotatable bonds is 7. The minimum atomic E-state index is -0.247. The van der Waals surface area contributed by atoms with Gasteiger partial charge < -0.3 is 10.1 Å². The van der Waals surface area contributed by atoms with Gasteiger partial charge in [-0.3, -0.25) is 9.78 Å². The topological polar surface area (TPSA) is 64.1 Å². The van der Waals surface area contributed by atoms with E-state index in [9.17, 15) is 4.79 Å². The summed E-state index contributed by atoms with van der Waals surface area (Å²) in [6, 6.07) is 20.9. The van der Waals surface area contributed by atoms with Crippen LogP contribution in [0.4, 0.5) is 0 Å². The summed E-state index contributed by atoms with van der Waals surface area (Å²) in [6.45, 7) is 1.94. The molecule has 4 rings (SSSR count). The first-order chi connectivity index (χ1) is 15.7. The Bertz CT molecular complexity index is 1220. The molecule has 6 heteroatoms. The highest BCUT2D eigenvalue weighted by Crippen LogP contribution is 2.28. The molecular formula is C26H23N3O2S. The number of ether oxygens (including phenoxy) is 1. The molecule has 2 aromatic carbocycles. The highest BCUT2D eigenvalue weighted by Gasteiger charge is 2.19. The molecule has 1 unspecified atom stereocenters. The molecule has 2 heterocycles. The normalized spacial score (nSPS) is 12.2. The third-order valence-corrected chi connectivity index (χ3v) is 5.99. The maximum atomic E-state index is 13.4. The van der Waals surface area contributed by atoms with Crippen LogP contribution in [-0.4, -0.2) is 23.0 Å². The Morgan fingerprint density at radius 2 is 1.84 bits per heavy atom. The van der Waals surface area contributed by atoms with E-state index in [-0.39, 0.29) is 11.9 Å². The number of carbonyl (C=O) groups excluding carboxylic acids is 1. The van der Waals surface area contributed by atoms with E-state index in [1.54, 1.807) is 19.5 Å². The van der Waals surface area contributed by atoms with Gasteiger partial charge >= 0.3 is 0 Å². The van der Waals surface area contributed by atoms with Crippen LogP contribution in [0.25, 0.3) is 22.9 Å². The first-order valence-corrected chi connectivity index (χ1v) is 11.1. The number of aromatic nitrogens is 2. The smallest absolute Gasteiger partial charge is 0.252 e. The largest absolute Gasteiger partial charge is 0.496 e. The molecule has 0 saturated carbocycles. The molecule has 4 aromatic rings. The lowest BCUT2D eigenvalue weighted by atomic mass is 10.0. The number of methoxy groups -OCH3 is 1. The summed E-state index contributed by atoms with van der Waals surface area (Å²) in [5.41, 5.74) is 4.04. The third kappa shape index (κ3) is 4.92. The minimum Gasteiger partial charge on any atom is -0.496 e. The van der Waals surface area contributed by atoms with Gasteiger partial charge in [0.05, 0.1) is 18.8 Å². The van der Waals surface area contributed by atoms with Crippen LogP contribution in [0.15, 0.2) is 84.5 Å². The molecule has 5 nitrogen and oxygen atoms in total. The van der Waals surface area contributed by atoms with Crippen molar-refractivity contribution in [2.45, 2.75) is 13.0 Å². The number of benzene rings is 2. The molecule has 0 aliphatic heterocycles. The van der Waals surface area contributed by atoms with Crippen molar-refractivity contribution in [1.82, 2.24) is 15.3 Å². The summed E-state index contributed by atoms with van der Waals surface area (Å²) >= 11 is 1.52. The van der Waals surface area contributed by atoms with Gasteiger partial charge in [-0.25, -0.2) is 4.98 Å². The van der Waals surface area contributed by atoms with Crippen LogP contribution in [-0.2, 0) is 4.79 Å². The number of thiazole rings is 1. The minimum absolute atomic E-state index is 0.173. The standard InChI is InChI=1S/C26H23N3O2S/c1-18(26-29-23(17-32-26)21-12-8-14-27-16-21)28-25(30)22(19-9-4-3-5-10-19)15-20-11-6-7-13-24(20)31-2/h3-18H,1-2H3,(H,28,30)/b22-15+. The third-order valence-electron chi connectivity index (χ3n) is 4.97. The molecule has 2 aromatic heterocycles. The summed E-state index contributed by atoms with van der Waals surface area (Å²) in [7, 11) is 1.62. The molecule has 0 fully saturated rings. The Kier molecular flexibility index (Phi) is 6.72. The summed E-state index contributed by atoms with van der Waals surface area (Å²) < 4.78 is 5.47. The molecule has 0 bridgehead atoms. The number of hydrogen-bond donors (Lipinski definition) is 1. The number of hydrogen-bond acceptors (Lipinski definition) is 5. The van der Waals surface area contributed by atoms with Gasteiger partial charge in [0, 0.05) is 34.5 Å². The second kappa shape index (κ2) is 10.0. The predicted octanol–water partition coefficient (Wildman–Crippen LogP) is 5.63. The summed E-state index contributed by atoms with van der Waals surface area (Å²) in [5.74, 6) is 0.538. The fraction of sp³-hybridized carbons (Fsp3) is 0.115. The zero-order valence-corrected chi connectivity index (χ0v) is 18.7. The molecular weight excluding hydrogens is 418 g/mol. The lowest BCUT2D eigenvalue weighted by molar-refractivity contribution is -0.116. The van der Waals surface area contributed by atoms with Crippen LogP contribution in [0.3, 0.4) is 0 Å². The van der Waals surface area contributed by atoms with Crippen molar-refractivity contribution in [3.63, 3.8) is 0 Å². The van der Waals surface area contributed by atoms with Gasteiger partial charge in [0.15, 0.2) is 0 Å². The van der Waals surface area contributed by atoms with Gasteiger partial charge in [0.2, 0.25) is 0 Å². The maximum absolute atomic E-state index is 13.4. The van der Waals surface area contributed by atoms with E-state index in [1.807, 2.05) is 85.1 Å². The Labute approximate surface area is 191 Å². The summed E-state index contributed by atoms with van der Waals surface area (Å²) in [6.07, 6.45) is 5.38. The zero-order chi connectivity index (χ0) is 22.3. The molecule has 1 N–H and O–H groups in total. The van der Waals surface area contributed by atoms with E-state index >= 15 is 0 Å². The second-order valence-electron chi connectivity index (χ2n) is 7.17. The van der Waals surface area contributed by atoms with E-state index < -0.39 is 0 Å². The van der Waals surface area contributed by atoms with E-state index in [1.165, 1.54) is 11.3 Å². The fourth-order valence-electron chi connectivity index (χ4n) is 3.31. The molecule has 1 amide bonds. The van der Waals surface area contributed by atoms with Crippen molar-refractivity contribution < 1.29 is 9.53 Å². The van der Waals surface area contributed by atoms with Crippen LogP contribution in [0.1, 0.15) is 29.1 Å². The van der Waals surface area contributed by atoms with Gasteiger partial charge in [-0.15, -0.1) is 11.3 Å². The SMILES string of the molecule is COc1ccccc1/C=C(/C(=O)NC(C)c1nc(-c2cccnc2)cs1)c1ccccc1. The average Bonchev–Trinajstić information content (AvgIpc) is 3.34. The van der Waals surface area contributed by atoms with E-state index in [0.29, 0.717) is 11.3 Å². The van der Waals surface area contributed by atoms with Gasteiger partial charge in [-0.2, -0.15) is 0 Å². The van der Waals surface area contributed by atoms with Crippen molar-refractivity contribution in [2.75, 3.05) is 7.11 Å². The van der Waals surface area contributed by atoms with Crippen LogP contribution in [0, 0.1) is 0 Å². The summed E-state index contributed by atoms with van der Waals surface area (Å²) in [5, 5.41) is 5.92. The quantitative estimate of drug-likeness (QED) is 0.298. The van der Waals surface area contributed by atoms with Crippen LogP contribution in [0.5, 0.6) is 5.75 Å². The molecule has 0 radical (unpaired) electrons. The van der Waals surface area contributed by atoms with Crippen molar-refractivity contribution >= 4 is 28.9 Å². The molecule has 160 valence electrons. The second-order valence-corrected chi connectivity index (χ2v) is 8.06. The van der Waals surface area contributed by atoms with E-state index in [2.05, 4.69) is 10.3 Å². The predicted molar refractivity (Wildman–Crippen MR) is 129 cm³/mol. The monoisotopic (exact) mass is 441 g/mol. The number of carbonyl (C=O) groups is 1. The van der Waals surface area contributed by atoms with Crippen LogP contribution in [0.2, 0.25) is 0 Å². The van der Waals surface area contributed by atoms with Gasteiger partial charge in [-0.05, 0) is 36.8 Å². The molecule has 0 aliphatic carbocycles. The number of pyridine rings is 1. The van der Waals surface area contributed by atoms with E-state index in [4.69, 9.17) is 9.72 Å². The van der Waals surface area contributed by atoms with Crippen LogP contribution >= 0.6 is 11.3 Å². The van der Waals surface area contributed by atoms with Crippen molar-refractivity contribution in [3.8, 4) is 17.0 Å². The molecule has 0 aliphatic rings. The first kappa shape index (κ1) is 21.5. The van der Waals surface area contributed by atoms with Gasteiger partial charge in [0.25, 0.3) is 5.91 Å². The van der Waals surface area contributed by atoms with Crippen molar-refractivity contribution in [1.29, 1.82) is 0 Å². The van der Waals surface area contributed by atoms with E-state index in [0.717, 1.165) is 27.4 Å². The summed E-state index contributed by atoms with van der Waals surface area (Å²) in [4.78, 5) is 22.2. The average molecular weight is 442 g/mol. The van der Waals surface area contributed by atoms with Gasteiger partial charge in [-0.1, -0.05) is 48.5 Å². The molecule has 32 heavy (non-hydrogen) atoms. The molecule has 0 spiro atoms. The Balaban J connectivity index is 1.61. The lowest BCUT2D eigenvalue weighted by Crippen LogP contribution is -2.27. The van der Waals surface area contributed by atoms with Gasteiger partial charge in [0.1, 0.15) is 10.8 Å². The number of nitrogens with one attached hydrogen (secondary N) is 1. The highest BCUT2D eigenvalue weighted by molar-refractivity contribution is 7.10. The van der Waals surface area contributed by atoms with Crippen LogP contribution < -0.4 is 10.1 Å². The fourth-order valence-corrected chi connectivity index (χ4v) is 4.14. The molecule has 0 saturated heterocycles. The Morgan fingerprint density at radius 3 is 2.59 bits per heavy atom. The Morgan fingerprint density at radius 1 is 1.06 bits per heavy atom. The Hall–Kier alpha value is -3.77.